The summed E-state index contributed by atoms with van der Waals surface area (Å²) in [5.74, 6) is 2.10. The number of imidazole rings is 1. The highest BCUT2D eigenvalue weighted by molar-refractivity contribution is 7.18. The molecule has 0 saturated carbocycles. The van der Waals surface area contributed by atoms with Gasteiger partial charge in [-0.3, -0.25) is 0 Å². The summed E-state index contributed by atoms with van der Waals surface area (Å²) >= 11 is 1.76. The monoisotopic (exact) mass is 315 g/mol. The van der Waals surface area contributed by atoms with E-state index in [-0.39, 0.29) is 0 Å². The van der Waals surface area contributed by atoms with Crippen molar-refractivity contribution in [1.29, 1.82) is 0 Å². The number of hydrogen-bond acceptors (Lipinski definition) is 5. The quantitative estimate of drug-likeness (QED) is 0.700. The van der Waals surface area contributed by atoms with E-state index >= 15 is 0 Å². The molecule has 0 aliphatic heterocycles. The molecule has 0 radical (unpaired) electrons. The van der Waals surface area contributed by atoms with E-state index in [4.69, 9.17) is 0 Å². The van der Waals surface area contributed by atoms with Gasteiger partial charge in [-0.05, 0) is 25.8 Å². The van der Waals surface area contributed by atoms with Gasteiger partial charge in [0.05, 0.1) is 5.39 Å². The van der Waals surface area contributed by atoms with Gasteiger partial charge >= 0.3 is 0 Å². The van der Waals surface area contributed by atoms with E-state index < -0.39 is 0 Å². The second-order valence-electron chi connectivity index (χ2n) is 5.43. The molecule has 0 aromatic carbocycles. The van der Waals surface area contributed by atoms with E-state index in [9.17, 15) is 0 Å². The van der Waals surface area contributed by atoms with Crippen molar-refractivity contribution in [1.82, 2.24) is 19.5 Å². The van der Waals surface area contributed by atoms with Crippen LogP contribution in [0.1, 0.15) is 24.0 Å². The van der Waals surface area contributed by atoms with E-state index in [1.807, 2.05) is 19.3 Å². The minimum absolute atomic E-state index is 0.959. The lowest BCUT2D eigenvalue weighted by atomic mass is 10.3. The molecule has 0 unspecified atom stereocenters. The summed E-state index contributed by atoms with van der Waals surface area (Å²) in [7, 11) is 2.10. The molecule has 5 nitrogen and oxygen atoms in total. The third kappa shape index (κ3) is 2.97. The third-order valence-corrected chi connectivity index (χ3v) is 5.07. The van der Waals surface area contributed by atoms with Crippen LogP contribution in [-0.4, -0.2) is 33.1 Å². The fourth-order valence-corrected chi connectivity index (χ4v) is 3.53. The third-order valence-electron chi connectivity index (χ3n) is 3.89. The molecule has 6 heteroatoms. The molecule has 0 spiro atoms. The van der Waals surface area contributed by atoms with Gasteiger partial charge in [0, 0.05) is 37.4 Å². The topological polar surface area (TPSA) is 46.8 Å². The van der Waals surface area contributed by atoms with Crippen LogP contribution in [0, 0.1) is 6.92 Å². The maximum atomic E-state index is 4.49. The average molecular weight is 315 g/mol. The van der Waals surface area contributed by atoms with Crippen molar-refractivity contribution in [2.45, 2.75) is 33.2 Å². The summed E-state index contributed by atoms with van der Waals surface area (Å²) in [5.41, 5.74) is 0. The highest BCUT2D eigenvalue weighted by Gasteiger charge is 2.11. The number of hydrogen-bond donors (Lipinski definition) is 0. The first-order valence-corrected chi connectivity index (χ1v) is 8.43. The van der Waals surface area contributed by atoms with Crippen molar-refractivity contribution in [2.75, 3.05) is 18.5 Å². The highest BCUT2D eigenvalue weighted by atomic mass is 32.1. The molecule has 22 heavy (non-hydrogen) atoms. The number of thiophene rings is 1. The van der Waals surface area contributed by atoms with Crippen LogP contribution in [0.25, 0.3) is 10.2 Å². The zero-order chi connectivity index (χ0) is 15.5. The van der Waals surface area contributed by atoms with Crippen molar-refractivity contribution in [2.24, 2.45) is 0 Å². The van der Waals surface area contributed by atoms with Crippen LogP contribution in [0.2, 0.25) is 0 Å². The summed E-state index contributed by atoms with van der Waals surface area (Å²) in [6.07, 6.45) is 7.66. The van der Waals surface area contributed by atoms with Gasteiger partial charge in [0.25, 0.3) is 0 Å². The van der Waals surface area contributed by atoms with Crippen molar-refractivity contribution in [3.05, 3.63) is 35.5 Å². The summed E-state index contributed by atoms with van der Waals surface area (Å²) in [4.78, 5) is 17.8. The summed E-state index contributed by atoms with van der Waals surface area (Å²) in [6, 6.07) is 2.23. The number of nitrogens with zero attached hydrogens (tertiary/aromatic N) is 5. The molecule has 0 aliphatic rings. The zero-order valence-electron chi connectivity index (χ0n) is 13.3. The Kier molecular flexibility index (Phi) is 4.38. The number of rotatable bonds is 6. The molecular weight excluding hydrogens is 294 g/mol. The normalized spacial score (nSPS) is 11.2. The SMILES string of the molecule is CCc1cc2c(N(C)CCCn3ccnc3C)ncnc2s1. The molecule has 0 saturated heterocycles. The van der Waals surface area contributed by atoms with E-state index in [0.717, 1.165) is 42.4 Å². The van der Waals surface area contributed by atoms with Crippen LogP contribution in [0.5, 0.6) is 0 Å². The predicted octanol–water partition coefficient (Wildman–Crippen LogP) is 3.29. The van der Waals surface area contributed by atoms with Gasteiger partial charge in [-0.25, -0.2) is 15.0 Å². The molecule has 0 bridgehead atoms. The van der Waals surface area contributed by atoms with Crippen LogP contribution in [0.4, 0.5) is 5.82 Å². The first-order valence-electron chi connectivity index (χ1n) is 7.61. The predicted molar refractivity (Wildman–Crippen MR) is 91.6 cm³/mol. The minimum atomic E-state index is 0.959. The highest BCUT2D eigenvalue weighted by Crippen LogP contribution is 2.30. The number of fused-ring (bicyclic) bond motifs is 1. The largest absolute Gasteiger partial charge is 0.359 e. The molecule has 0 amide bonds. The Morgan fingerprint density at radius 2 is 2.14 bits per heavy atom. The minimum Gasteiger partial charge on any atom is -0.359 e. The fourth-order valence-electron chi connectivity index (χ4n) is 2.60. The lowest BCUT2D eigenvalue weighted by molar-refractivity contribution is 0.621. The Labute approximate surface area is 134 Å². The molecule has 0 fully saturated rings. The Balaban J connectivity index is 1.70. The number of aromatic nitrogens is 4. The Bertz CT molecular complexity index is 761. The molecule has 3 aromatic heterocycles. The molecule has 3 heterocycles. The van der Waals surface area contributed by atoms with Crippen LogP contribution >= 0.6 is 11.3 Å². The molecule has 0 atom stereocenters. The Morgan fingerprint density at radius 1 is 1.27 bits per heavy atom. The molecule has 3 aromatic rings. The van der Waals surface area contributed by atoms with Crippen LogP contribution in [-0.2, 0) is 13.0 Å². The summed E-state index contributed by atoms with van der Waals surface area (Å²) < 4.78 is 2.18. The summed E-state index contributed by atoms with van der Waals surface area (Å²) in [6.45, 7) is 6.15. The molecule has 116 valence electrons. The second-order valence-corrected chi connectivity index (χ2v) is 6.54. The second kappa shape index (κ2) is 6.44. The van der Waals surface area contributed by atoms with Crippen molar-refractivity contribution >= 4 is 27.4 Å². The molecule has 0 aliphatic carbocycles. The Hall–Kier alpha value is -1.95. The van der Waals surface area contributed by atoms with E-state index in [1.165, 1.54) is 10.3 Å². The number of anilines is 1. The fraction of sp³-hybridized carbons (Fsp3) is 0.438. The Morgan fingerprint density at radius 3 is 2.86 bits per heavy atom. The molecular formula is C16H21N5S. The van der Waals surface area contributed by atoms with E-state index in [0.29, 0.717) is 0 Å². The lowest BCUT2D eigenvalue weighted by Crippen LogP contribution is -2.21. The first kappa shape index (κ1) is 15.0. The maximum absolute atomic E-state index is 4.49. The standard InChI is InChI=1S/C16H21N5S/c1-4-13-10-14-15(18-11-19-16(14)22-13)20(3)7-5-8-21-9-6-17-12(21)2/h6,9-11H,4-5,7-8H2,1-3H3. The van der Waals surface area contributed by atoms with Crippen LogP contribution in [0.15, 0.2) is 24.8 Å². The van der Waals surface area contributed by atoms with Crippen molar-refractivity contribution in [3.63, 3.8) is 0 Å². The van der Waals surface area contributed by atoms with Gasteiger partial charge < -0.3 is 9.47 Å². The van der Waals surface area contributed by atoms with Crippen LogP contribution in [0.3, 0.4) is 0 Å². The van der Waals surface area contributed by atoms with Gasteiger partial charge in [-0.2, -0.15) is 0 Å². The summed E-state index contributed by atoms with van der Waals surface area (Å²) in [5, 5.41) is 1.17. The van der Waals surface area contributed by atoms with Crippen LogP contribution < -0.4 is 4.90 Å². The van der Waals surface area contributed by atoms with E-state index in [2.05, 4.69) is 44.5 Å². The van der Waals surface area contributed by atoms with Crippen molar-refractivity contribution < 1.29 is 0 Å². The first-order chi connectivity index (χ1) is 10.7. The smallest absolute Gasteiger partial charge is 0.140 e. The van der Waals surface area contributed by atoms with Crippen molar-refractivity contribution in [3.8, 4) is 0 Å². The maximum Gasteiger partial charge on any atom is 0.140 e. The zero-order valence-corrected chi connectivity index (χ0v) is 14.1. The van der Waals surface area contributed by atoms with Gasteiger partial charge in [0.1, 0.15) is 22.8 Å². The molecule has 3 rings (SSSR count). The molecule has 0 N–H and O–H groups in total. The van der Waals surface area contributed by atoms with Gasteiger partial charge in [0.15, 0.2) is 0 Å². The number of aryl methyl sites for hydroxylation is 3. The lowest BCUT2D eigenvalue weighted by Gasteiger charge is -2.19. The average Bonchev–Trinajstić information content (AvgIpc) is 3.12. The van der Waals surface area contributed by atoms with Gasteiger partial charge in [0.2, 0.25) is 0 Å². The van der Waals surface area contributed by atoms with Gasteiger partial charge in [-0.1, -0.05) is 6.92 Å². The van der Waals surface area contributed by atoms with Gasteiger partial charge in [-0.15, -0.1) is 11.3 Å². The van der Waals surface area contributed by atoms with E-state index in [1.54, 1.807) is 17.7 Å².